The van der Waals surface area contributed by atoms with Gasteiger partial charge in [-0.05, 0) is 5.56 Å². The first-order valence-electron chi connectivity index (χ1n) is 7.38. The predicted molar refractivity (Wildman–Crippen MR) is 81.3 cm³/mol. The first-order chi connectivity index (χ1) is 11.5. The SMILES string of the molecule is O=c1cnn([C@@H]2O[C@H](CO)[C@@H](O)[C@H]2O)c(=O)n1Cc1ccccc1. The second-order valence-electron chi connectivity index (χ2n) is 5.51. The molecule has 3 rings (SSSR count). The molecule has 128 valence electrons. The van der Waals surface area contributed by atoms with E-state index in [1.54, 1.807) is 24.3 Å². The van der Waals surface area contributed by atoms with Crippen LogP contribution in [-0.2, 0) is 11.3 Å². The van der Waals surface area contributed by atoms with Crippen molar-refractivity contribution in [3.8, 4) is 0 Å². The van der Waals surface area contributed by atoms with Crippen molar-refractivity contribution in [2.24, 2.45) is 0 Å². The smallest absolute Gasteiger partial charge is 0.350 e. The Morgan fingerprint density at radius 3 is 2.46 bits per heavy atom. The van der Waals surface area contributed by atoms with E-state index in [0.717, 1.165) is 21.0 Å². The first-order valence-corrected chi connectivity index (χ1v) is 7.38. The second-order valence-corrected chi connectivity index (χ2v) is 5.51. The summed E-state index contributed by atoms with van der Waals surface area (Å²) in [5, 5.41) is 32.6. The number of aromatic nitrogens is 3. The fourth-order valence-corrected chi connectivity index (χ4v) is 2.62. The summed E-state index contributed by atoms with van der Waals surface area (Å²) in [6.45, 7) is -0.483. The van der Waals surface area contributed by atoms with E-state index in [-0.39, 0.29) is 6.54 Å². The zero-order chi connectivity index (χ0) is 17.3. The third kappa shape index (κ3) is 2.89. The van der Waals surface area contributed by atoms with Crippen LogP contribution >= 0.6 is 0 Å². The monoisotopic (exact) mass is 335 g/mol. The molecular weight excluding hydrogens is 318 g/mol. The van der Waals surface area contributed by atoms with Crippen LogP contribution in [0.15, 0.2) is 46.1 Å². The van der Waals surface area contributed by atoms with Gasteiger partial charge in [-0.25, -0.2) is 4.79 Å². The van der Waals surface area contributed by atoms with E-state index in [1.165, 1.54) is 0 Å². The number of aliphatic hydroxyl groups excluding tert-OH is 3. The van der Waals surface area contributed by atoms with Crippen molar-refractivity contribution < 1.29 is 20.1 Å². The highest BCUT2D eigenvalue weighted by Gasteiger charge is 2.44. The van der Waals surface area contributed by atoms with Gasteiger partial charge in [0.05, 0.1) is 13.2 Å². The van der Waals surface area contributed by atoms with E-state index in [2.05, 4.69) is 5.10 Å². The van der Waals surface area contributed by atoms with Crippen molar-refractivity contribution in [1.82, 2.24) is 14.3 Å². The summed E-state index contributed by atoms with van der Waals surface area (Å²) < 4.78 is 7.04. The topological polar surface area (TPSA) is 127 Å². The number of hydrogen-bond donors (Lipinski definition) is 3. The Balaban J connectivity index is 1.98. The van der Waals surface area contributed by atoms with Crippen LogP contribution in [0.1, 0.15) is 11.8 Å². The average Bonchev–Trinajstić information content (AvgIpc) is 2.88. The lowest BCUT2D eigenvalue weighted by atomic mass is 10.1. The van der Waals surface area contributed by atoms with Gasteiger partial charge >= 0.3 is 5.69 Å². The number of benzene rings is 1. The zero-order valence-corrected chi connectivity index (χ0v) is 12.6. The Morgan fingerprint density at radius 1 is 1.12 bits per heavy atom. The summed E-state index contributed by atoms with van der Waals surface area (Å²) in [7, 11) is 0. The molecule has 0 spiro atoms. The van der Waals surface area contributed by atoms with Gasteiger partial charge < -0.3 is 20.1 Å². The van der Waals surface area contributed by atoms with Gasteiger partial charge in [-0.2, -0.15) is 9.78 Å². The Labute approximate surface area is 136 Å². The van der Waals surface area contributed by atoms with Crippen molar-refractivity contribution >= 4 is 0 Å². The largest absolute Gasteiger partial charge is 0.394 e. The van der Waals surface area contributed by atoms with Crippen LogP contribution < -0.4 is 11.2 Å². The van der Waals surface area contributed by atoms with Crippen LogP contribution in [0.5, 0.6) is 0 Å². The maximum Gasteiger partial charge on any atom is 0.350 e. The fraction of sp³-hybridized carbons (Fsp3) is 0.400. The summed E-state index contributed by atoms with van der Waals surface area (Å²) in [6, 6.07) is 8.92. The van der Waals surface area contributed by atoms with E-state index in [0.29, 0.717) is 0 Å². The van der Waals surface area contributed by atoms with Crippen molar-refractivity contribution in [1.29, 1.82) is 0 Å². The predicted octanol–water partition coefficient (Wildman–Crippen LogP) is -1.94. The van der Waals surface area contributed by atoms with E-state index >= 15 is 0 Å². The minimum absolute atomic E-state index is 0.0375. The van der Waals surface area contributed by atoms with Crippen LogP contribution in [0, 0.1) is 0 Å². The standard InChI is InChI=1S/C15H17N3O6/c19-8-10-12(21)13(22)14(24-10)18-15(23)17(11(20)6-16-18)7-9-4-2-1-3-5-9/h1-6,10,12-14,19,21-22H,7-8H2/t10-,12-,13-,14-/m1/s1. The van der Waals surface area contributed by atoms with Gasteiger partial charge in [-0.1, -0.05) is 30.3 Å². The molecule has 1 saturated heterocycles. The molecule has 2 heterocycles. The van der Waals surface area contributed by atoms with Crippen LogP contribution in [0.4, 0.5) is 0 Å². The highest BCUT2D eigenvalue weighted by Crippen LogP contribution is 2.27. The Kier molecular flexibility index (Phi) is 4.58. The van der Waals surface area contributed by atoms with E-state index in [9.17, 15) is 19.8 Å². The van der Waals surface area contributed by atoms with Gasteiger partial charge in [-0.3, -0.25) is 9.36 Å². The maximum absolute atomic E-state index is 12.6. The molecule has 2 aromatic rings. The molecule has 0 saturated carbocycles. The second kappa shape index (κ2) is 6.65. The molecule has 0 bridgehead atoms. The van der Waals surface area contributed by atoms with Crippen LogP contribution in [0.25, 0.3) is 0 Å². The normalized spacial score (nSPS) is 26.6. The highest BCUT2D eigenvalue weighted by atomic mass is 16.6. The molecule has 0 unspecified atom stereocenters. The molecule has 1 aliphatic heterocycles. The lowest BCUT2D eigenvalue weighted by Crippen LogP contribution is -2.45. The molecule has 4 atom stereocenters. The molecule has 9 heteroatoms. The van der Waals surface area contributed by atoms with Gasteiger partial charge in [0.1, 0.15) is 24.5 Å². The first kappa shape index (κ1) is 16.5. The number of aliphatic hydroxyl groups is 3. The van der Waals surface area contributed by atoms with Crippen molar-refractivity contribution in [3.63, 3.8) is 0 Å². The van der Waals surface area contributed by atoms with Crippen LogP contribution in [0.3, 0.4) is 0 Å². The Bertz CT molecular complexity index is 818. The van der Waals surface area contributed by atoms with Crippen molar-refractivity contribution in [3.05, 3.63) is 62.9 Å². The van der Waals surface area contributed by atoms with E-state index < -0.39 is 42.4 Å². The number of nitrogens with zero attached hydrogens (tertiary/aromatic N) is 3. The summed E-state index contributed by atoms with van der Waals surface area (Å²) in [4.78, 5) is 24.5. The summed E-state index contributed by atoms with van der Waals surface area (Å²) in [5.74, 6) is 0. The van der Waals surface area contributed by atoms with Crippen LogP contribution in [-0.4, -0.2) is 54.6 Å². The Hall–Kier alpha value is -2.33. The van der Waals surface area contributed by atoms with Gasteiger partial charge in [0.2, 0.25) is 0 Å². The third-order valence-electron chi connectivity index (χ3n) is 3.93. The minimum atomic E-state index is -1.45. The molecule has 1 aromatic heterocycles. The van der Waals surface area contributed by atoms with Crippen LogP contribution in [0.2, 0.25) is 0 Å². The molecule has 1 fully saturated rings. The summed E-state index contributed by atoms with van der Waals surface area (Å²) in [6.07, 6.45) is -4.18. The Morgan fingerprint density at radius 2 is 1.83 bits per heavy atom. The molecular formula is C15H17N3O6. The number of hydrogen-bond acceptors (Lipinski definition) is 7. The van der Waals surface area contributed by atoms with Gasteiger partial charge in [0.25, 0.3) is 5.56 Å². The number of rotatable bonds is 4. The molecule has 0 aliphatic carbocycles. The molecule has 0 radical (unpaired) electrons. The molecule has 3 N–H and O–H groups in total. The molecule has 24 heavy (non-hydrogen) atoms. The molecule has 0 amide bonds. The lowest BCUT2D eigenvalue weighted by molar-refractivity contribution is -0.0624. The van der Waals surface area contributed by atoms with Gasteiger partial charge in [0, 0.05) is 0 Å². The summed E-state index contributed by atoms with van der Waals surface area (Å²) in [5.41, 5.74) is -0.622. The average molecular weight is 335 g/mol. The lowest BCUT2D eigenvalue weighted by Gasteiger charge is -2.17. The number of ether oxygens (including phenoxy) is 1. The highest BCUT2D eigenvalue weighted by molar-refractivity contribution is 5.15. The van der Waals surface area contributed by atoms with Crippen molar-refractivity contribution in [2.75, 3.05) is 6.61 Å². The quantitative estimate of drug-likeness (QED) is 0.593. The van der Waals surface area contributed by atoms with E-state index in [1.807, 2.05) is 6.07 Å². The maximum atomic E-state index is 12.6. The fourth-order valence-electron chi connectivity index (χ4n) is 2.62. The summed E-state index contributed by atoms with van der Waals surface area (Å²) >= 11 is 0. The van der Waals surface area contributed by atoms with E-state index in [4.69, 9.17) is 9.84 Å². The van der Waals surface area contributed by atoms with Crippen molar-refractivity contribution in [2.45, 2.75) is 31.1 Å². The zero-order valence-electron chi connectivity index (χ0n) is 12.6. The van der Waals surface area contributed by atoms with Gasteiger partial charge in [-0.15, -0.1) is 0 Å². The molecule has 1 aromatic carbocycles. The third-order valence-corrected chi connectivity index (χ3v) is 3.93. The molecule has 1 aliphatic rings. The minimum Gasteiger partial charge on any atom is -0.394 e. The molecule has 9 nitrogen and oxygen atoms in total. The van der Waals surface area contributed by atoms with Gasteiger partial charge in [0.15, 0.2) is 6.23 Å².